The third kappa shape index (κ3) is 5.06. The number of rotatable bonds is 8. The van der Waals surface area contributed by atoms with Gasteiger partial charge in [-0.3, -0.25) is 14.4 Å². The lowest BCUT2D eigenvalue weighted by atomic mass is 9.94. The normalized spacial score (nSPS) is 12.4. The van der Waals surface area contributed by atoms with Gasteiger partial charge in [0.2, 0.25) is 11.6 Å². The number of allylic oxidation sites excluding steroid dienone is 1. The standard InChI is InChI=1S/C18H22O5/c1-5-15(18(21)23-6-2)17(20)16(19)12(3)11-13-7-9-14(22-4)10-8-13/h7-11,15H,5-6H2,1-4H3/b12-11+. The van der Waals surface area contributed by atoms with E-state index in [9.17, 15) is 14.4 Å². The lowest BCUT2D eigenvalue weighted by molar-refractivity contribution is -0.153. The molecule has 1 rings (SSSR count). The molecule has 0 bridgehead atoms. The Morgan fingerprint density at radius 2 is 1.74 bits per heavy atom. The molecule has 0 heterocycles. The lowest BCUT2D eigenvalue weighted by Gasteiger charge is -2.11. The van der Waals surface area contributed by atoms with Crippen LogP contribution in [-0.4, -0.2) is 31.3 Å². The molecular formula is C18H22O5. The second kappa shape index (κ2) is 8.88. The summed E-state index contributed by atoms with van der Waals surface area (Å²) >= 11 is 0. The molecule has 1 aromatic carbocycles. The van der Waals surface area contributed by atoms with Crippen LogP contribution in [0.1, 0.15) is 32.8 Å². The number of hydrogen-bond donors (Lipinski definition) is 0. The summed E-state index contributed by atoms with van der Waals surface area (Å²) < 4.78 is 9.91. The third-order valence-corrected chi connectivity index (χ3v) is 3.38. The predicted octanol–water partition coefficient (Wildman–Crippen LogP) is 2.83. The highest BCUT2D eigenvalue weighted by molar-refractivity contribution is 6.47. The van der Waals surface area contributed by atoms with Crippen molar-refractivity contribution in [2.24, 2.45) is 5.92 Å². The summed E-state index contributed by atoms with van der Waals surface area (Å²) in [7, 11) is 1.57. The van der Waals surface area contributed by atoms with E-state index in [4.69, 9.17) is 9.47 Å². The van der Waals surface area contributed by atoms with E-state index in [2.05, 4.69) is 0 Å². The minimum atomic E-state index is -1.04. The fourth-order valence-electron chi connectivity index (χ4n) is 2.07. The van der Waals surface area contributed by atoms with E-state index < -0.39 is 23.5 Å². The SMILES string of the molecule is CCOC(=O)C(CC)C(=O)C(=O)/C(C)=C/c1ccc(OC)cc1. The van der Waals surface area contributed by atoms with Crippen molar-refractivity contribution < 1.29 is 23.9 Å². The molecule has 0 aromatic heterocycles. The average molecular weight is 318 g/mol. The number of benzene rings is 1. The summed E-state index contributed by atoms with van der Waals surface area (Å²) in [5.41, 5.74) is 1.05. The molecular weight excluding hydrogens is 296 g/mol. The topological polar surface area (TPSA) is 69.7 Å². The number of methoxy groups -OCH3 is 1. The van der Waals surface area contributed by atoms with Crippen molar-refractivity contribution >= 4 is 23.6 Å². The monoisotopic (exact) mass is 318 g/mol. The minimum Gasteiger partial charge on any atom is -0.497 e. The molecule has 23 heavy (non-hydrogen) atoms. The summed E-state index contributed by atoms with van der Waals surface area (Å²) in [4.78, 5) is 36.2. The van der Waals surface area contributed by atoms with E-state index in [1.807, 2.05) is 0 Å². The van der Waals surface area contributed by atoms with Crippen LogP contribution in [0, 0.1) is 5.92 Å². The summed E-state index contributed by atoms with van der Waals surface area (Å²) in [5.74, 6) is -2.38. The largest absolute Gasteiger partial charge is 0.497 e. The number of hydrogen-bond acceptors (Lipinski definition) is 5. The molecule has 0 aliphatic carbocycles. The average Bonchev–Trinajstić information content (AvgIpc) is 2.55. The van der Waals surface area contributed by atoms with Crippen LogP contribution in [0.5, 0.6) is 5.75 Å². The van der Waals surface area contributed by atoms with Gasteiger partial charge in [-0.1, -0.05) is 19.1 Å². The summed E-state index contributed by atoms with van der Waals surface area (Å²) in [6, 6.07) is 7.09. The van der Waals surface area contributed by atoms with Crippen LogP contribution in [0.25, 0.3) is 6.08 Å². The van der Waals surface area contributed by atoms with Crippen molar-refractivity contribution in [2.45, 2.75) is 27.2 Å². The van der Waals surface area contributed by atoms with Gasteiger partial charge in [0.25, 0.3) is 0 Å². The summed E-state index contributed by atoms with van der Waals surface area (Å²) in [5, 5.41) is 0. The first-order chi connectivity index (χ1) is 10.9. The first-order valence-corrected chi connectivity index (χ1v) is 7.52. The van der Waals surface area contributed by atoms with Crippen LogP contribution in [-0.2, 0) is 19.1 Å². The molecule has 0 amide bonds. The lowest BCUT2D eigenvalue weighted by Crippen LogP contribution is -2.31. The molecule has 0 radical (unpaired) electrons. The van der Waals surface area contributed by atoms with E-state index in [-0.39, 0.29) is 18.6 Å². The van der Waals surface area contributed by atoms with Crippen molar-refractivity contribution in [3.8, 4) is 5.75 Å². The van der Waals surface area contributed by atoms with Crippen molar-refractivity contribution in [3.05, 3.63) is 35.4 Å². The smallest absolute Gasteiger partial charge is 0.316 e. The quantitative estimate of drug-likeness (QED) is 0.319. The first kappa shape index (κ1) is 18.6. The maximum atomic E-state index is 12.2. The molecule has 0 saturated heterocycles. The van der Waals surface area contributed by atoms with Gasteiger partial charge in [0.1, 0.15) is 11.7 Å². The summed E-state index contributed by atoms with van der Waals surface area (Å²) in [6.07, 6.45) is 1.84. The molecule has 0 fully saturated rings. The van der Waals surface area contributed by atoms with Gasteiger partial charge in [0.15, 0.2) is 0 Å². The van der Waals surface area contributed by atoms with Crippen LogP contribution >= 0.6 is 0 Å². The molecule has 0 saturated carbocycles. The van der Waals surface area contributed by atoms with E-state index in [1.165, 1.54) is 0 Å². The Morgan fingerprint density at radius 1 is 1.13 bits per heavy atom. The van der Waals surface area contributed by atoms with Gasteiger partial charge in [0.05, 0.1) is 13.7 Å². The Morgan fingerprint density at radius 3 is 2.22 bits per heavy atom. The van der Waals surface area contributed by atoms with E-state index in [0.717, 1.165) is 5.56 Å². The molecule has 1 atom stereocenters. The van der Waals surface area contributed by atoms with Crippen LogP contribution < -0.4 is 4.74 Å². The Bertz CT molecular complexity index is 598. The molecule has 124 valence electrons. The molecule has 0 spiro atoms. The van der Waals surface area contributed by atoms with E-state index in [0.29, 0.717) is 5.75 Å². The molecule has 0 aliphatic heterocycles. The number of esters is 1. The van der Waals surface area contributed by atoms with E-state index in [1.54, 1.807) is 58.2 Å². The fourth-order valence-corrected chi connectivity index (χ4v) is 2.07. The molecule has 5 nitrogen and oxygen atoms in total. The highest BCUT2D eigenvalue weighted by Gasteiger charge is 2.31. The number of ketones is 2. The Labute approximate surface area is 136 Å². The van der Waals surface area contributed by atoms with Gasteiger partial charge in [-0.25, -0.2) is 0 Å². The first-order valence-electron chi connectivity index (χ1n) is 7.52. The Kier molecular flexibility index (Phi) is 7.19. The van der Waals surface area contributed by atoms with Gasteiger partial charge in [-0.2, -0.15) is 0 Å². The second-order valence-electron chi connectivity index (χ2n) is 5.01. The zero-order valence-electron chi connectivity index (χ0n) is 13.9. The van der Waals surface area contributed by atoms with Crippen molar-refractivity contribution in [2.75, 3.05) is 13.7 Å². The molecule has 1 unspecified atom stereocenters. The van der Waals surface area contributed by atoms with Gasteiger partial charge in [-0.15, -0.1) is 0 Å². The van der Waals surface area contributed by atoms with Crippen LogP contribution in [0.15, 0.2) is 29.8 Å². The maximum absolute atomic E-state index is 12.2. The zero-order chi connectivity index (χ0) is 17.4. The predicted molar refractivity (Wildman–Crippen MR) is 87.1 cm³/mol. The number of ether oxygens (including phenoxy) is 2. The highest BCUT2D eigenvalue weighted by atomic mass is 16.5. The third-order valence-electron chi connectivity index (χ3n) is 3.38. The second-order valence-corrected chi connectivity index (χ2v) is 5.01. The van der Waals surface area contributed by atoms with Gasteiger partial charge in [-0.05, 0) is 44.0 Å². The summed E-state index contributed by atoms with van der Waals surface area (Å²) in [6.45, 7) is 5.07. The van der Waals surface area contributed by atoms with Crippen LogP contribution in [0.4, 0.5) is 0 Å². The fraction of sp³-hybridized carbons (Fsp3) is 0.389. The number of carbonyl (C=O) groups excluding carboxylic acids is 3. The Hall–Kier alpha value is -2.43. The number of Topliss-reactive ketones (excluding diaryl/α,β-unsaturated/α-hetero) is 2. The zero-order valence-corrected chi connectivity index (χ0v) is 13.9. The maximum Gasteiger partial charge on any atom is 0.316 e. The molecule has 5 heteroatoms. The van der Waals surface area contributed by atoms with Gasteiger partial charge >= 0.3 is 5.97 Å². The highest BCUT2D eigenvalue weighted by Crippen LogP contribution is 2.16. The van der Waals surface area contributed by atoms with Gasteiger partial charge < -0.3 is 9.47 Å². The number of carbonyl (C=O) groups is 3. The van der Waals surface area contributed by atoms with Crippen molar-refractivity contribution in [3.63, 3.8) is 0 Å². The van der Waals surface area contributed by atoms with Crippen LogP contribution in [0.3, 0.4) is 0 Å². The van der Waals surface area contributed by atoms with Crippen molar-refractivity contribution in [1.29, 1.82) is 0 Å². The molecule has 0 aliphatic rings. The molecule has 0 N–H and O–H groups in total. The van der Waals surface area contributed by atoms with Crippen LogP contribution in [0.2, 0.25) is 0 Å². The van der Waals surface area contributed by atoms with Gasteiger partial charge in [0, 0.05) is 5.57 Å². The minimum absolute atomic E-state index is 0.178. The Balaban J connectivity index is 2.90. The van der Waals surface area contributed by atoms with E-state index >= 15 is 0 Å². The molecule has 1 aromatic rings. The van der Waals surface area contributed by atoms with Crippen molar-refractivity contribution in [1.82, 2.24) is 0 Å².